The highest BCUT2D eigenvalue weighted by Gasteiger charge is 2.23. The Labute approximate surface area is 155 Å². The summed E-state index contributed by atoms with van der Waals surface area (Å²) in [5.74, 6) is 2.14. The summed E-state index contributed by atoms with van der Waals surface area (Å²) < 4.78 is 23.7. The number of primary sulfonamides is 1. The number of aromatic nitrogens is 2. The number of benzene rings is 1. The van der Waals surface area contributed by atoms with E-state index < -0.39 is 10.0 Å². The molecule has 0 bridgehead atoms. The van der Waals surface area contributed by atoms with Gasteiger partial charge in [0.15, 0.2) is 5.82 Å². The van der Waals surface area contributed by atoms with Gasteiger partial charge in [0.1, 0.15) is 0 Å². The molecule has 3 rings (SSSR count). The molecule has 2 heterocycles. The summed E-state index contributed by atoms with van der Waals surface area (Å²) in [7, 11) is -3.77. The van der Waals surface area contributed by atoms with Gasteiger partial charge in [0, 0.05) is 18.7 Å². The Morgan fingerprint density at radius 1 is 1.12 bits per heavy atom. The summed E-state index contributed by atoms with van der Waals surface area (Å²) in [6, 6.07) is 9.08. The van der Waals surface area contributed by atoms with Crippen LogP contribution >= 0.6 is 0 Å². The van der Waals surface area contributed by atoms with Crippen molar-refractivity contribution in [2.24, 2.45) is 17.0 Å². The molecule has 0 radical (unpaired) electrons. The van der Waals surface area contributed by atoms with E-state index in [0.29, 0.717) is 35.1 Å². The molecule has 1 aliphatic rings. The molecule has 1 aromatic carbocycles. The maximum atomic E-state index is 11.9. The third kappa shape index (κ3) is 4.04. The predicted octanol–water partition coefficient (Wildman–Crippen LogP) is 2.84. The molecule has 0 spiro atoms. The molecule has 26 heavy (non-hydrogen) atoms. The lowest BCUT2D eigenvalue weighted by molar-refractivity contribution is 0.355. The first-order valence-electron chi connectivity index (χ1n) is 9.02. The van der Waals surface area contributed by atoms with Crippen molar-refractivity contribution in [3.05, 3.63) is 35.9 Å². The van der Waals surface area contributed by atoms with Gasteiger partial charge in [-0.25, -0.2) is 13.6 Å². The highest BCUT2D eigenvalue weighted by Crippen LogP contribution is 2.27. The van der Waals surface area contributed by atoms with Crippen molar-refractivity contribution in [1.29, 1.82) is 0 Å². The third-order valence-electron chi connectivity index (χ3n) is 4.89. The van der Waals surface area contributed by atoms with Crippen LogP contribution in [0.4, 0.5) is 5.82 Å². The second-order valence-corrected chi connectivity index (χ2v) is 8.88. The molecule has 0 saturated carbocycles. The van der Waals surface area contributed by atoms with E-state index in [1.165, 1.54) is 6.42 Å². The normalized spacial score (nSPS) is 21.0. The topological polar surface area (TPSA) is 89.2 Å². The minimum atomic E-state index is -3.77. The zero-order valence-corrected chi connectivity index (χ0v) is 16.3. The fourth-order valence-electron chi connectivity index (χ4n) is 3.77. The molecule has 1 saturated heterocycles. The van der Waals surface area contributed by atoms with Crippen LogP contribution in [0.3, 0.4) is 0 Å². The molecule has 1 aliphatic heterocycles. The summed E-state index contributed by atoms with van der Waals surface area (Å²) in [6.07, 6.45) is 1.84. The van der Waals surface area contributed by atoms with Crippen molar-refractivity contribution in [3.8, 4) is 11.3 Å². The van der Waals surface area contributed by atoms with Gasteiger partial charge in [-0.15, -0.1) is 10.2 Å². The summed E-state index contributed by atoms with van der Waals surface area (Å²) in [5.41, 5.74) is 2.04. The number of hydrogen-bond acceptors (Lipinski definition) is 5. The van der Waals surface area contributed by atoms with Crippen molar-refractivity contribution >= 4 is 15.8 Å². The van der Waals surface area contributed by atoms with E-state index in [9.17, 15) is 8.42 Å². The smallest absolute Gasteiger partial charge is 0.238 e. The monoisotopic (exact) mass is 374 g/mol. The first kappa shape index (κ1) is 18.8. The van der Waals surface area contributed by atoms with Crippen molar-refractivity contribution in [2.75, 3.05) is 18.0 Å². The van der Waals surface area contributed by atoms with Crippen molar-refractivity contribution in [1.82, 2.24) is 10.2 Å². The third-order valence-corrected chi connectivity index (χ3v) is 5.89. The Hall–Kier alpha value is -1.99. The molecule has 0 amide bonds. The Kier molecular flexibility index (Phi) is 5.29. The lowest BCUT2D eigenvalue weighted by Gasteiger charge is -2.35. The average Bonchev–Trinajstić information content (AvgIpc) is 2.60. The van der Waals surface area contributed by atoms with Crippen LogP contribution in [0.25, 0.3) is 11.3 Å². The lowest BCUT2D eigenvalue weighted by Crippen LogP contribution is -2.39. The van der Waals surface area contributed by atoms with E-state index in [0.717, 1.165) is 18.9 Å². The molecule has 1 fully saturated rings. The van der Waals surface area contributed by atoms with Gasteiger partial charge in [-0.05, 0) is 48.4 Å². The summed E-state index contributed by atoms with van der Waals surface area (Å²) in [5, 5.41) is 14.1. The number of anilines is 1. The molecule has 1 aromatic heterocycles. The van der Waals surface area contributed by atoms with Crippen LogP contribution in [-0.4, -0.2) is 31.7 Å². The van der Waals surface area contributed by atoms with Crippen LogP contribution in [-0.2, 0) is 16.4 Å². The average molecular weight is 375 g/mol. The Bertz CT molecular complexity index is 871. The van der Waals surface area contributed by atoms with Gasteiger partial charge in [-0.3, -0.25) is 0 Å². The van der Waals surface area contributed by atoms with Crippen LogP contribution in [0.5, 0.6) is 0 Å². The minimum Gasteiger partial charge on any atom is -0.355 e. The fraction of sp³-hybridized carbons (Fsp3) is 0.474. The highest BCUT2D eigenvalue weighted by atomic mass is 32.2. The lowest BCUT2D eigenvalue weighted by atomic mass is 9.92. The van der Waals surface area contributed by atoms with E-state index in [-0.39, 0.29) is 4.90 Å². The number of nitrogens with two attached hydrogens (primary N) is 1. The maximum Gasteiger partial charge on any atom is 0.238 e. The molecule has 140 valence electrons. The number of nitrogens with zero attached hydrogens (tertiary/aromatic N) is 3. The number of aryl methyl sites for hydroxylation is 1. The van der Waals surface area contributed by atoms with Crippen LogP contribution in [0.15, 0.2) is 35.2 Å². The number of sulfonamides is 1. The van der Waals surface area contributed by atoms with E-state index in [2.05, 4.69) is 28.9 Å². The molecule has 7 heteroatoms. The molecule has 6 nitrogen and oxygen atoms in total. The van der Waals surface area contributed by atoms with E-state index in [1.54, 1.807) is 12.1 Å². The molecule has 0 aliphatic carbocycles. The van der Waals surface area contributed by atoms with Crippen molar-refractivity contribution < 1.29 is 8.42 Å². The molecular formula is C19H26N4O2S. The van der Waals surface area contributed by atoms with Gasteiger partial charge in [-0.1, -0.05) is 32.9 Å². The second kappa shape index (κ2) is 7.32. The molecular weight excluding hydrogens is 348 g/mol. The van der Waals surface area contributed by atoms with Crippen LogP contribution < -0.4 is 10.0 Å². The van der Waals surface area contributed by atoms with Crippen molar-refractivity contribution in [2.45, 2.75) is 38.5 Å². The Morgan fingerprint density at radius 2 is 1.81 bits per heavy atom. The summed E-state index contributed by atoms with van der Waals surface area (Å²) >= 11 is 0. The summed E-state index contributed by atoms with van der Waals surface area (Å²) in [4.78, 5) is 2.42. The number of rotatable bonds is 4. The first-order valence-corrected chi connectivity index (χ1v) is 10.6. The van der Waals surface area contributed by atoms with Gasteiger partial charge in [0.25, 0.3) is 0 Å². The fourth-order valence-corrected chi connectivity index (χ4v) is 4.64. The summed E-state index contributed by atoms with van der Waals surface area (Å²) in [6.45, 7) is 8.39. The van der Waals surface area contributed by atoms with Gasteiger partial charge in [0.2, 0.25) is 10.0 Å². The standard InChI is InChI=1S/C19H26N4O2S/c1-4-15-5-6-16(10-18(15)26(20,24)25)17-7-8-19(22-21-17)23-11-13(2)9-14(3)12-23/h5-8,10,13-14H,4,9,11-12H2,1-3H3,(H2,20,24,25)/t13-,14-/m1/s1. The van der Waals surface area contributed by atoms with E-state index in [1.807, 2.05) is 25.1 Å². The Morgan fingerprint density at radius 3 is 2.35 bits per heavy atom. The predicted molar refractivity (Wildman–Crippen MR) is 103 cm³/mol. The van der Waals surface area contributed by atoms with Crippen LogP contribution in [0, 0.1) is 11.8 Å². The molecule has 2 atom stereocenters. The zero-order chi connectivity index (χ0) is 18.9. The van der Waals surface area contributed by atoms with Crippen LogP contribution in [0.2, 0.25) is 0 Å². The zero-order valence-electron chi connectivity index (χ0n) is 15.5. The van der Waals surface area contributed by atoms with Gasteiger partial charge in [0.05, 0.1) is 10.6 Å². The van der Waals surface area contributed by atoms with Crippen molar-refractivity contribution in [3.63, 3.8) is 0 Å². The van der Waals surface area contributed by atoms with Gasteiger partial charge in [-0.2, -0.15) is 0 Å². The second-order valence-electron chi connectivity index (χ2n) is 7.35. The molecule has 2 aromatic rings. The first-order chi connectivity index (χ1) is 12.3. The van der Waals surface area contributed by atoms with Crippen LogP contribution in [0.1, 0.15) is 32.8 Å². The van der Waals surface area contributed by atoms with Gasteiger partial charge >= 0.3 is 0 Å². The number of hydrogen-bond donors (Lipinski definition) is 1. The van der Waals surface area contributed by atoms with Gasteiger partial charge < -0.3 is 4.90 Å². The van der Waals surface area contributed by atoms with E-state index in [4.69, 9.17) is 5.14 Å². The highest BCUT2D eigenvalue weighted by molar-refractivity contribution is 7.89. The quantitative estimate of drug-likeness (QED) is 0.889. The van der Waals surface area contributed by atoms with E-state index >= 15 is 0 Å². The maximum absolute atomic E-state index is 11.9. The molecule has 0 unspecified atom stereocenters. The number of piperidine rings is 1. The SMILES string of the molecule is CCc1ccc(-c2ccc(N3C[C@H](C)C[C@@H](C)C3)nn2)cc1S(N)(=O)=O. The molecule has 2 N–H and O–H groups in total. The largest absolute Gasteiger partial charge is 0.355 e. The minimum absolute atomic E-state index is 0.155. The Balaban J connectivity index is 1.89.